The maximum absolute atomic E-state index is 5.29. The Labute approximate surface area is 211 Å². The Bertz CT molecular complexity index is 1210. The van der Waals surface area contributed by atoms with Gasteiger partial charge >= 0.3 is 0 Å². The molecule has 2 unspecified atom stereocenters. The van der Waals surface area contributed by atoms with E-state index in [1.165, 1.54) is 24.8 Å². The lowest BCUT2D eigenvalue weighted by atomic mass is 10.1. The first-order chi connectivity index (χ1) is 17.3. The third-order valence-corrected chi connectivity index (χ3v) is 7.75. The third-order valence-electron chi connectivity index (χ3n) is 6.90. The van der Waals surface area contributed by atoms with Gasteiger partial charge in [0.1, 0.15) is 17.0 Å². The first kappa shape index (κ1) is 23.9. The van der Waals surface area contributed by atoms with Gasteiger partial charge in [-0.25, -0.2) is 15.0 Å². The van der Waals surface area contributed by atoms with E-state index in [1.54, 1.807) is 24.8 Å². The van der Waals surface area contributed by atoms with Crippen LogP contribution in [0.3, 0.4) is 0 Å². The van der Waals surface area contributed by atoms with Crippen LogP contribution in [0.5, 0.6) is 5.88 Å². The number of hydrogen-bond donors (Lipinski definition) is 2. The molecule has 0 aliphatic heterocycles. The van der Waals surface area contributed by atoms with Gasteiger partial charge in [-0.2, -0.15) is 0 Å². The molecule has 1 aliphatic rings. The van der Waals surface area contributed by atoms with E-state index in [1.807, 2.05) is 11.6 Å². The van der Waals surface area contributed by atoms with Gasteiger partial charge in [0, 0.05) is 29.4 Å². The molecule has 0 bridgehead atoms. The Hall–Kier alpha value is -2.81. The van der Waals surface area contributed by atoms with Crippen LogP contribution < -0.4 is 15.4 Å². The SMILES string of the molecule is COc1csc(-c2cn(C3CCC(CNCCCNCCc4ccccc4)C3)c3ncncc23)n1. The summed E-state index contributed by atoms with van der Waals surface area (Å²) in [5.41, 5.74) is 3.49. The number of ether oxygens (including phenoxy) is 1. The number of rotatable bonds is 12. The molecule has 1 aliphatic carbocycles. The minimum atomic E-state index is 0.467. The van der Waals surface area contributed by atoms with E-state index >= 15 is 0 Å². The molecule has 1 saturated carbocycles. The zero-order valence-corrected chi connectivity index (χ0v) is 21.1. The number of benzene rings is 1. The van der Waals surface area contributed by atoms with Gasteiger partial charge in [0.2, 0.25) is 5.88 Å². The maximum Gasteiger partial charge on any atom is 0.224 e. The quantitative estimate of drug-likeness (QED) is 0.280. The van der Waals surface area contributed by atoms with Crippen molar-refractivity contribution >= 4 is 22.4 Å². The first-order valence-electron chi connectivity index (χ1n) is 12.6. The van der Waals surface area contributed by atoms with Crippen LogP contribution in [0.1, 0.15) is 37.3 Å². The van der Waals surface area contributed by atoms with E-state index in [0.29, 0.717) is 17.8 Å². The second kappa shape index (κ2) is 11.7. The van der Waals surface area contributed by atoms with Crippen molar-refractivity contribution in [2.24, 2.45) is 5.92 Å². The highest BCUT2D eigenvalue weighted by Gasteiger charge is 2.28. The summed E-state index contributed by atoms with van der Waals surface area (Å²) in [7, 11) is 1.65. The Morgan fingerprint density at radius 3 is 2.86 bits per heavy atom. The smallest absolute Gasteiger partial charge is 0.224 e. The van der Waals surface area contributed by atoms with Crippen LogP contribution in [0.4, 0.5) is 0 Å². The average Bonchev–Trinajstić information content (AvgIpc) is 3.64. The fraction of sp³-hybridized carbons (Fsp3) is 0.444. The van der Waals surface area contributed by atoms with Gasteiger partial charge in [0.05, 0.1) is 12.5 Å². The third kappa shape index (κ3) is 5.89. The molecule has 3 heterocycles. The standard InChI is InChI=1S/C27H34N6OS/c1-34-25-18-35-27(32-25)24-17-33(26-23(24)16-30-19-31-26)22-9-8-21(14-22)15-29-12-5-11-28-13-10-20-6-3-2-4-7-20/h2-4,6-7,16-19,21-22,28-29H,5,8-15H2,1H3. The van der Waals surface area contributed by atoms with Crippen molar-refractivity contribution in [3.63, 3.8) is 0 Å². The van der Waals surface area contributed by atoms with Crippen molar-refractivity contribution in [2.45, 2.75) is 38.1 Å². The molecule has 0 amide bonds. The summed E-state index contributed by atoms with van der Waals surface area (Å²) in [4.78, 5) is 13.5. The first-order valence-corrected chi connectivity index (χ1v) is 13.5. The van der Waals surface area contributed by atoms with Crippen molar-refractivity contribution in [3.05, 3.63) is 60.0 Å². The lowest BCUT2D eigenvalue weighted by molar-refractivity contribution is 0.401. The average molecular weight is 491 g/mol. The molecule has 2 atom stereocenters. The molecule has 2 N–H and O–H groups in total. The van der Waals surface area contributed by atoms with Crippen molar-refractivity contribution in [1.82, 2.24) is 30.2 Å². The molecule has 1 fully saturated rings. The predicted octanol–water partition coefficient (Wildman–Crippen LogP) is 4.72. The van der Waals surface area contributed by atoms with Crippen LogP contribution >= 0.6 is 11.3 Å². The Kier molecular flexibility index (Phi) is 8.03. The highest BCUT2D eigenvalue weighted by Crippen LogP contribution is 2.40. The fourth-order valence-corrected chi connectivity index (χ4v) is 5.84. The number of thiazole rings is 1. The van der Waals surface area contributed by atoms with E-state index in [9.17, 15) is 0 Å². The molecular formula is C27H34N6OS. The molecule has 0 radical (unpaired) electrons. The molecule has 35 heavy (non-hydrogen) atoms. The lowest BCUT2D eigenvalue weighted by Crippen LogP contribution is -2.26. The summed E-state index contributed by atoms with van der Waals surface area (Å²) >= 11 is 1.60. The van der Waals surface area contributed by atoms with Crippen molar-refractivity contribution in [2.75, 3.05) is 33.3 Å². The fourth-order valence-electron chi connectivity index (χ4n) is 5.05. The van der Waals surface area contributed by atoms with Crippen LogP contribution in [-0.4, -0.2) is 52.8 Å². The summed E-state index contributed by atoms with van der Waals surface area (Å²) in [5.74, 6) is 1.36. The zero-order chi connectivity index (χ0) is 23.9. The molecule has 7 nitrogen and oxygen atoms in total. The predicted molar refractivity (Wildman–Crippen MR) is 142 cm³/mol. The number of fused-ring (bicyclic) bond motifs is 1. The zero-order valence-electron chi connectivity index (χ0n) is 20.3. The number of aromatic nitrogens is 4. The summed E-state index contributed by atoms with van der Waals surface area (Å²) in [5, 5.41) is 11.2. The molecule has 5 rings (SSSR count). The molecule has 0 spiro atoms. The second-order valence-electron chi connectivity index (χ2n) is 9.28. The molecule has 1 aromatic carbocycles. The van der Waals surface area contributed by atoms with Crippen molar-refractivity contribution < 1.29 is 4.74 Å². The van der Waals surface area contributed by atoms with Gasteiger partial charge in [-0.15, -0.1) is 11.3 Å². The number of methoxy groups -OCH3 is 1. The Morgan fingerprint density at radius 2 is 2.00 bits per heavy atom. The lowest BCUT2D eigenvalue weighted by Gasteiger charge is -2.15. The van der Waals surface area contributed by atoms with E-state index in [-0.39, 0.29) is 0 Å². The summed E-state index contributed by atoms with van der Waals surface area (Å²) < 4.78 is 7.65. The van der Waals surface area contributed by atoms with Crippen LogP contribution in [0.25, 0.3) is 21.6 Å². The number of nitrogens with one attached hydrogen (secondary N) is 2. The van der Waals surface area contributed by atoms with Gasteiger partial charge in [-0.3, -0.25) is 0 Å². The van der Waals surface area contributed by atoms with E-state index < -0.39 is 0 Å². The van der Waals surface area contributed by atoms with Gasteiger partial charge in [0.15, 0.2) is 0 Å². The normalized spacial score (nSPS) is 17.9. The summed E-state index contributed by atoms with van der Waals surface area (Å²) in [6, 6.07) is 11.1. The van der Waals surface area contributed by atoms with Gasteiger partial charge in [0.25, 0.3) is 0 Å². The van der Waals surface area contributed by atoms with Crippen LogP contribution in [0.15, 0.2) is 54.4 Å². The van der Waals surface area contributed by atoms with Crippen molar-refractivity contribution in [1.29, 1.82) is 0 Å². The van der Waals surface area contributed by atoms with Crippen LogP contribution in [-0.2, 0) is 6.42 Å². The van der Waals surface area contributed by atoms with E-state index in [2.05, 4.69) is 66.7 Å². The topological polar surface area (TPSA) is 76.9 Å². The van der Waals surface area contributed by atoms with Crippen LogP contribution in [0.2, 0.25) is 0 Å². The van der Waals surface area contributed by atoms with E-state index in [4.69, 9.17) is 4.74 Å². The van der Waals surface area contributed by atoms with Gasteiger partial charge < -0.3 is 19.9 Å². The highest BCUT2D eigenvalue weighted by atomic mass is 32.1. The summed E-state index contributed by atoms with van der Waals surface area (Å²) in [6.07, 6.45) is 11.6. The Morgan fingerprint density at radius 1 is 1.11 bits per heavy atom. The molecule has 4 aromatic rings. The highest BCUT2D eigenvalue weighted by molar-refractivity contribution is 7.13. The second-order valence-corrected chi connectivity index (χ2v) is 10.1. The molecule has 184 valence electrons. The number of hydrogen-bond acceptors (Lipinski definition) is 7. The number of nitrogens with zero attached hydrogens (tertiary/aromatic N) is 4. The largest absolute Gasteiger partial charge is 0.480 e. The van der Waals surface area contributed by atoms with E-state index in [0.717, 1.165) is 60.6 Å². The molecule has 8 heteroatoms. The minimum Gasteiger partial charge on any atom is -0.480 e. The Balaban J connectivity index is 1.08. The minimum absolute atomic E-state index is 0.467. The summed E-state index contributed by atoms with van der Waals surface area (Å²) in [6.45, 7) is 4.26. The molecule has 3 aromatic heterocycles. The monoisotopic (exact) mass is 490 g/mol. The molecular weight excluding hydrogens is 456 g/mol. The molecule has 0 saturated heterocycles. The van der Waals surface area contributed by atoms with Gasteiger partial charge in [-0.05, 0) is 69.8 Å². The van der Waals surface area contributed by atoms with Crippen molar-refractivity contribution in [3.8, 4) is 16.5 Å². The van der Waals surface area contributed by atoms with Gasteiger partial charge in [-0.1, -0.05) is 30.3 Å². The maximum atomic E-state index is 5.29. The van der Waals surface area contributed by atoms with Crippen LogP contribution in [0, 0.1) is 5.92 Å².